The molecule has 0 radical (unpaired) electrons. The molecular weight excluding hydrogens is 289 g/mol. The molecule has 2 aromatic carbocycles. The summed E-state index contributed by atoms with van der Waals surface area (Å²) in [6, 6.07) is 13.4. The molecule has 0 aromatic heterocycles. The van der Waals surface area contributed by atoms with Crippen molar-refractivity contribution in [3.8, 4) is 0 Å². The van der Waals surface area contributed by atoms with E-state index in [0.29, 0.717) is 29.2 Å². The maximum Gasteiger partial charge on any atom is 0.176 e. The monoisotopic (exact) mass is 305 g/mol. The van der Waals surface area contributed by atoms with Crippen LogP contribution in [-0.4, -0.2) is 23.8 Å². The van der Waals surface area contributed by atoms with E-state index in [2.05, 4.69) is 0 Å². The van der Waals surface area contributed by atoms with Crippen LogP contribution in [0.4, 0.5) is 4.39 Å². The van der Waals surface area contributed by atoms with Crippen molar-refractivity contribution < 1.29 is 9.18 Å². The predicted molar refractivity (Wildman–Crippen MR) is 83.1 cm³/mol. The van der Waals surface area contributed by atoms with Crippen LogP contribution in [0.15, 0.2) is 48.5 Å². The first-order valence-electron chi connectivity index (χ1n) is 6.84. The third kappa shape index (κ3) is 4.38. The lowest BCUT2D eigenvalue weighted by Gasteiger charge is -2.20. The van der Waals surface area contributed by atoms with Crippen molar-refractivity contribution >= 4 is 17.4 Å². The lowest BCUT2D eigenvalue weighted by molar-refractivity contribution is 0.0928. The van der Waals surface area contributed by atoms with Crippen LogP contribution in [0.5, 0.6) is 0 Å². The van der Waals surface area contributed by atoms with Gasteiger partial charge in [0, 0.05) is 22.7 Å². The number of carbonyl (C=O) groups excluding carboxylic acids is 1. The Bertz CT molecular complexity index is 612. The molecular formula is C17H17ClFNO. The summed E-state index contributed by atoms with van der Waals surface area (Å²) in [5.74, 6) is -0.236. The topological polar surface area (TPSA) is 20.3 Å². The average molecular weight is 306 g/mol. The van der Waals surface area contributed by atoms with Gasteiger partial charge in [0.1, 0.15) is 5.82 Å². The summed E-state index contributed by atoms with van der Waals surface area (Å²) in [6.07, 6.45) is 0. The van der Waals surface area contributed by atoms with Gasteiger partial charge in [0.25, 0.3) is 0 Å². The number of rotatable bonds is 6. The molecule has 110 valence electrons. The minimum Gasteiger partial charge on any atom is -0.293 e. The molecule has 0 aliphatic rings. The second-order valence-electron chi connectivity index (χ2n) is 4.82. The van der Waals surface area contributed by atoms with E-state index in [4.69, 9.17) is 11.6 Å². The maximum absolute atomic E-state index is 13.7. The highest BCUT2D eigenvalue weighted by molar-refractivity contribution is 6.30. The van der Waals surface area contributed by atoms with Crippen LogP contribution in [0, 0.1) is 5.82 Å². The second kappa shape index (κ2) is 7.34. The predicted octanol–water partition coefficient (Wildman–Crippen LogP) is 4.18. The highest BCUT2D eigenvalue weighted by Gasteiger charge is 2.13. The molecule has 0 saturated carbocycles. The molecule has 21 heavy (non-hydrogen) atoms. The number of likely N-dealkylation sites (N-methyl/N-ethyl adjacent to an activating group) is 1. The Morgan fingerprint density at radius 3 is 2.43 bits per heavy atom. The molecule has 0 heterocycles. The van der Waals surface area contributed by atoms with Gasteiger partial charge in [0.2, 0.25) is 0 Å². The number of nitrogens with zero attached hydrogens (tertiary/aromatic N) is 1. The molecule has 2 aromatic rings. The van der Waals surface area contributed by atoms with Crippen LogP contribution >= 0.6 is 11.6 Å². The molecule has 0 amide bonds. The van der Waals surface area contributed by atoms with Gasteiger partial charge in [0.05, 0.1) is 6.54 Å². The fourth-order valence-corrected chi connectivity index (χ4v) is 2.20. The zero-order valence-corrected chi connectivity index (χ0v) is 12.6. The largest absolute Gasteiger partial charge is 0.293 e. The van der Waals surface area contributed by atoms with Crippen molar-refractivity contribution in [2.24, 2.45) is 0 Å². The van der Waals surface area contributed by atoms with Crippen molar-refractivity contribution in [2.45, 2.75) is 13.5 Å². The first-order valence-corrected chi connectivity index (χ1v) is 7.22. The van der Waals surface area contributed by atoms with E-state index in [1.165, 1.54) is 6.07 Å². The molecule has 0 aliphatic carbocycles. The molecule has 0 spiro atoms. The summed E-state index contributed by atoms with van der Waals surface area (Å²) in [5.41, 5.74) is 1.22. The van der Waals surface area contributed by atoms with E-state index in [1.54, 1.807) is 42.5 Å². The number of hydrogen-bond acceptors (Lipinski definition) is 2. The van der Waals surface area contributed by atoms with Crippen molar-refractivity contribution in [3.63, 3.8) is 0 Å². The summed E-state index contributed by atoms with van der Waals surface area (Å²) >= 11 is 5.81. The number of Topliss-reactive ketones (excluding diaryl/α,β-unsaturated/α-hetero) is 1. The number of ketones is 1. The van der Waals surface area contributed by atoms with E-state index in [-0.39, 0.29) is 18.1 Å². The summed E-state index contributed by atoms with van der Waals surface area (Å²) in [4.78, 5) is 14.1. The fourth-order valence-electron chi connectivity index (χ4n) is 2.08. The summed E-state index contributed by atoms with van der Waals surface area (Å²) in [6.45, 7) is 3.30. The van der Waals surface area contributed by atoms with Crippen LogP contribution < -0.4 is 0 Å². The average Bonchev–Trinajstić information content (AvgIpc) is 2.49. The fraction of sp³-hybridized carbons (Fsp3) is 0.235. The van der Waals surface area contributed by atoms with E-state index < -0.39 is 0 Å². The third-order valence-corrected chi connectivity index (χ3v) is 3.58. The molecule has 2 rings (SSSR count). The Labute approximate surface area is 129 Å². The molecule has 0 unspecified atom stereocenters. The van der Waals surface area contributed by atoms with Gasteiger partial charge in [-0.2, -0.15) is 0 Å². The first-order chi connectivity index (χ1) is 10.1. The van der Waals surface area contributed by atoms with E-state index in [0.717, 1.165) is 0 Å². The Hall–Kier alpha value is -1.71. The lowest BCUT2D eigenvalue weighted by atomic mass is 10.1. The highest BCUT2D eigenvalue weighted by atomic mass is 35.5. The quantitative estimate of drug-likeness (QED) is 0.746. The molecule has 2 nitrogen and oxygen atoms in total. The summed E-state index contributed by atoms with van der Waals surface area (Å²) in [5, 5.41) is 0.602. The number of benzene rings is 2. The molecule has 0 bridgehead atoms. The van der Waals surface area contributed by atoms with Crippen molar-refractivity contribution in [2.75, 3.05) is 13.1 Å². The zero-order chi connectivity index (χ0) is 15.2. The lowest BCUT2D eigenvalue weighted by Crippen LogP contribution is -2.29. The maximum atomic E-state index is 13.7. The highest BCUT2D eigenvalue weighted by Crippen LogP contribution is 2.13. The third-order valence-electron chi connectivity index (χ3n) is 3.33. The normalized spacial score (nSPS) is 10.9. The SMILES string of the molecule is CCN(CC(=O)c1ccc(Cl)cc1)Cc1ccccc1F. The van der Waals surface area contributed by atoms with Crippen LogP contribution in [0.3, 0.4) is 0 Å². The second-order valence-corrected chi connectivity index (χ2v) is 5.26. The van der Waals surface area contributed by atoms with Gasteiger partial charge in [-0.05, 0) is 36.9 Å². The van der Waals surface area contributed by atoms with E-state index in [9.17, 15) is 9.18 Å². The smallest absolute Gasteiger partial charge is 0.176 e. The van der Waals surface area contributed by atoms with Crippen LogP contribution in [0.1, 0.15) is 22.8 Å². The van der Waals surface area contributed by atoms with Crippen molar-refractivity contribution in [3.05, 3.63) is 70.5 Å². The molecule has 0 N–H and O–H groups in total. The molecule has 4 heteroatoms. The van der Waals surface area contributed by atoms with Crippen LogP contribution in [-0.2, 0) is 6.54 Å². The Kier molecular flexibility index (Phi) is 5.48. The molecule has 0 fully saturated rings. The molecule has 0 saturated heterocycles. The van der Waals surface area contributed by atoms with Gasteiger partial charge in [0.15, 0.2) is 5.78 Å². The Balaban J connectivity index is 2.03. The minimum atomic E-state index is -0.241. The summed E-state index contributed by atoms with van der Waals surface area (Å²) < 4.78 is 13.7. The van der Waals surface area contributed by atoms with Gasteiger partial charge in [-0.3, -0.25) is 9.69 Å². The number of halogens is 2. The van der Waals surface area contributed by atoms with E-state index >= 15 is 0 Å². The van der Waals surface area contributed by atoms with Gasteiger partial charge in [-0.1, -0.05) is 36.7 Å². The van der Waals surface area contributed by atoms with Gasteiger partial charge < -0.3 is 0 Å². The van der Waals surface area contributed by atoms with Crippen LogP contribution in [0.25, 0.3) is 0 Å². The van der Waals surface area contributed by atoms with Gasteiger partial charge >= 0.3 is 0 Å². The summed E-state index contributed by atoms with van der Waals surface area (Å²) in [7, 11) is 0. The molecule has 0 aliphatic heterocycles. The van der Waals surface area contributed by atoms with Crippen molar-refractivity contribution in [1.82, 2.24) is 4.90 Å². The number of hydrogen-bond donors (Lipinski definition) is 0. The van der Waals surface area contributed by atoms with E-state index in [1.807, 2.05) is 11.8 Å². The number of carbonyl (C=O) groups is 1. The first kappa shape index (κ1) is 15.7. The molecule has 0 atom stereocenters. The zero-order valence-electron chi connectivity index (χ0n) is 11.9. The van der Waals surface area contributed by atoms with Crippen LogP contribution in [0.2, 0.25) is 5.02 Å². The minimum absolute atomic E-state index is 0.00450. The van der Waals surface area contributed by atoms with Gasteiger partial charge in [-0.15, -0.1) is 0 Å². The Morgan fingerprint density at radius 1 is 1.14 bits per heavy atom. The Morgan fingerprint density at radius 2 is 1.81 bits per heavy atom. The van der Waals surface area contributed by atoms with Gasteiger partial charge in [-0.25, -0.2) is 4.39 Å². The standard InChI is InChI=1S/C17H17ClFNO/c1-2-20(11-14-5-3-4-6-16(14)19)12-17(21)13-7-9-15(18)10-8-13/h3-10H,2,11-12H2,1H3. The van der Waals surface area contributed by atoms with Crippen molar-refractivity contribution in [1.29, 1.82) is 0 Å².